The second-order valence-corrected chi connectivity index (χ2v) is 7.14. The highest BCUT2D eigenvalue weighted by molar-refractivity contribution is 7.86. The first-order chi connectivity index (χ1) is 8.96. The number of carbonyl (C=O) groups excluding carboxylic acids is 1. The zero-order valence-corrected chi connectivity index (χ0v) is 12.1. The average molecular weight is 290 g/mol. The molecule has 19 heavy (non-hydrogen) atoms. The summed E-state index contributed by atoms with van der Waals surface area (Å²) in [4.78, 5) is 13.4. The molecule has 0 saturated carbocycles. The lowest BCUT2D eigenvalue weighted by atomic mass is 10.2. The van der Waals surface area contributed by atoms with Gasteiger partial charge in [0.25, 0.3) is 10.2 Å². The zero-order chi connectivity index (χ0) is 14.0. The molecule has 2 heterocycles. The largest absolute Gasteiger partial charge is 0.337 e. The molecule has 0 radical (unpaired) electrons. The third-order valence-corrected chi connectivity index (χ3v) is 5.81. The number of rotatable bonds is 5. The van der Waals surface area contributed by atoms with E-state index in [1.54, 1.807) is 7.05 Å². The highest BCUT2D eigenvalue weighted by Crippen LogP contribution is 2.24. The molecule has 2 aliphatic rings. The van der Waals surface area contributed by atoms with E-state index >= 15 is 0 Å². The summed E-state index contributed by atoms with van der Waals surface area (Å²) < 4.78 is 27.6. The topological polar surface area (TPSA) is 86.9 Å². The summed E-state index contributed by atoms with van der Waals surface area (Å²) in [6.07, 6.45) is 1.95. The van der Waals surface area contributed by atoms with Crippen LogP contribution in [0.3, 0.4) is 0 Å². The molecule has 2 rings (SSSR count). The minimum Gasteiger partial charge on any atom is -0.337 e. The summed E-state index contributed by atoms with van der Waals surface area (Å²) >= 11 is 0. The highest BCUT2D eigenvalue weighted by atomic mass is 32.2. The molecule has 0 aromatic rings. The van der Waals surface area contributed by atoms with Crippen LogP contribution < -0.4 is 5.73 Å². The third kappa shape index (κ3) is 2.91. The molecule has 2 saturated heterocycles. The predicted octanol–water partition coefficient (Wildman–Crippen LogP) is -1.18. The average Bonchev–Trinajstić information content (AvgIpc) is 2.77. The molecule has 2 N–H and O–H groups in total. The van der Waals surface area contributed by atoms with Crippen LogP contribution in [0.5, 0.6) is 0 Å². The molecule has 0 aliphatic carbocycles. The fourth-order valence-electron chi connectivity index (χ4n) is 2.67. The van der Waals surface area contributed by atoms with Crippen LogP contribution in [0.25, 0.3) is 0 Å². The summed E-state index contributed by atoms with van der Waals surface area (Å²) in [6, 6.07) is 0.0546. The van der Waals surface area contributed by atoms with E-state index in [2.05, 4.69) is 0 Å². The Bertz CT molecular complexity index is 439. The van der Waals surface area contributed by atoms with Crippen molar-refractivity contribution in [3.8, 4) is 0 Å². The Balaban J connectivity index is 2.00. The Labute approximate surface area is 114 Å². The lowest BCUT2D eigenvalue weighted by Gasteiger charge is -2.38. The van der Waals surface area contributed by atoms with E-state index in [1.807, 2.05) is 4.90 Å². The maximum Gasteiger partial charge on any atom is 0.281 e. The Morgan fingerprint density at radius 1 is 1.42 bits per heavy atom. The second-order valence-electron chi connectivity index (χ2n) is 5.11. The van der Waals surface area contributed by atoms with Crippen molar-refractivity contribution >= 4 is 16.1 Å². The van der Waals surface area contributed by atoms with Crippen molar-refractivity contribution in [3.63, 3.8) is 0 Å². The molecule has 2 fully saturated rings. The van der Waals surface area contributed by atoms with Gasteiger partial charge in [-0.25, -0.2) is 0 Å². The van der Waals surface area contributed by atoms with E-state index in [0.717, 1.165) is 6.42 Å². The van der Waals surface area contributed by atoms with Crippen molar-refractivity contribution in [1.82, 2.24) is 13.5 Å². The molecule has 8 heteroatoms. The molecule has 1 amide bonds. The molecule has 0 bridgehead atoms. The number of nitrogens with two attached hydrogens (primary N) is 1. The van der Waals surface area contributed by atoms with E-state index in [4.69, 9.17) is 5.73 Å². The van der Waals surface area contributed by atoms with Gasteiger partial charge in [0, 0.05) is 45.7 Å². The lowest BCUT2D eigenvalue weighted by Crippen LogP contribution is -2.55. The molecule has 0 aromatic carbocycles. The molecule has 7 nitrogen and oxygen atoms in total. The number of hydrogen-bond acceptors (Lipinski definition) is 4. The molecule has 110 valence electrons. The van der Waals surface area contributed by atoms with Gasteiger partial charge in [0.2, 0.25) is 5.91 Å². The minimum absolute atomic E-state index is 0.0546. The van der Waals surface area contributed by atoms with Gasteiger partial charge in [-0.05, 0) is 19.4 Å². The van der Waals surface area contributed by atoms with Crippen LogP contribution in [-0.4, -0.2) is 73.6 Å². The van der Waals surface area contributed by atoms with Gasteiger partial charge in [0.15, 0.2) is 0 Å². The van der Waals surface area contributed by atoms with Crippen LogP contribution >= 0.6 is 0 Å². The van der Waals surface area contributed by atoms with Crippen LogP contribution in [0.4, 0.5) is 0 Å². The summed E-state index contributed by atoms with van der Waals surface area (Å²) in [5, 5.41) is 0. The van der Waals surface area contributed by atoms with Gasteiger partial charge in [0.05, 0.1) is 0 Å². The van der Waals surface area contributed by atoms with Crippen molar-refractivity contribution in [2.75, 3.05) is 39.8 Å². The number of nitrogens with zero attached hydrogens (tertiary/aromatic N) is 3. The molecule has 1 atom stereocenters. The summed E-state index contributed by atoms with van der Waals surface area (Å²) in [5.74, 6) is 0.151. The van der Waals surface area contributed by atoms with Crippen LogP contribution in [0, 0.1) is 0 Å². The number of amides is 1. The minimum atomic E-state index is -3.42. The Kier molecular flexibility index (Phi) is 4.44. The molecule has 0 spiro atoms. The number of piperazine rings is 1. The number of fused-ring (bicyclic) bond motifs is 1. The highest BCUT2D eigenvalue weighted by Gasteiger charge is 2.40. The SMILES string of the molecule is CN(CCCN)S(=O)(=O)N1CCN2C(=O)CCC2C1. The smallest absolute Gasteiger partial charge is 0.281 e. The van der Waals surface area contributed by atoms with Gasteiger partial charge in [-0.3, -0.25) is 4.79 Å². The molecule has 2 aliphatic heterocycles. The summed E-state index contributed by atoms with van der Waals surface area (Å²) in [7, 11) is -1.84. The van der Waals surface area contributed by atoms with Gasteiger partial charge in [-0.2, -0.15) is 17.0 Å². The first kappa shape index (κ1) is 14.7. The summed E-state index contributed by atoms with van der Waals surface area (Å²) in [6.45, 7) is 2.22. The van der Waals surface area contributed by atoms with E-state index in [-0.39, 0.29) is 11.9 Å². The van der Waals surface area contributed by atoms with Gasteiger partial charge in [-0.1, -0.05) is 0 Å². The van der Waals surface area contributed by atoms with Crippen molar-refractivity contribution < 1.29 is 13.2 Å². The summed E-state index contributed by atoms with van der Waals surface area (Å²) in [5.41, 5.74) is 5.40. The van der Waals surface area contributed by atoms with E-state index < -0.39 is 10.2 Å². The molecule has 0 aromatic heterocycles. The number of hydrogen-bond donors (Lipinski definition) is 1. The van der Waals surface area contributed by atoms with Gasteiger partial charge < -0.3 is 10.6 Å². The van der Waals surface area contributed by atoms with E-state index in [9.17, 15) is 13.2 Å². The fourth-order valence-corrected chi connectivity index (χ4v) is 4.10. The van der Waals surface area contributed by atoms with Gasteiger partial charge >= 0.3 is 0 Å². The Morgan fingerprint density at radius 2 is 2.16 bits per heavy atom. The standard InChI is InChI=1S/C11H22N4O3S/c1-13(6-2-5-12)19(17,18)14-7-8-15-10(9-14)3-4-11(15)16/h10H,2-9,12H2,1H3. The van der Waals surface area contributed by atoms with Crippen LogP contribution in [0.2, 0.25) is 0 Å². The quantitative estimate of drug-likeness (QED) is 0.690. The van der Waals surface area contributed by atoms with Crippen molar-refractivity contribution in [3.05, 3.63) is 0 Å². The number of carbonyl (C=O) groups is 1. The monoisotopic (exact) mass is 290 g/mol. The normalized spacial score (nSPS) is 25.1. The van der Waals surface area contributed by atoms with Crippen molar-refractivity contribution in [1.29, 1.82) is 0 Å². The van der Waals surface area contributed by atoms with Crippen molar-refractivity contribution in [2.24, 2.45) is 5.73 Å². The van der Waals surface area contributed by atoms with Gasteiger partial charge in [0.1, 0.15) is 0 Å². The lowest BCUT2D eigenvalue weighted by molar-refractivity contribution is -0.130. The first-order valence-electron chi connectivity index (χ1n) is 6.67. The Morgan fingerprint density at radius 3 is 2.84 bits per heavy atom. The first-order valence-corrected chi connectivity index (χ1v) is 8.07. The molecule has 1 unspecified atom stereocenters. The van der Waals surface area contributed by atoms with Crippen LogP contribution in [0.15, 0.2) is 0 Å². The van der Waals surface area contributed by atoms with E-state index in [0.29, 0.717) is 45.6 Å². The van der Waals surface area contributed by atoms with E-state index in [1.165, 1.54) is 8.61 Å². The van der Waals surface area contributed by atoms with Crippen LogP contribution in [-0.2, 0) is 15.0 Å². The Hall–Kier alpha value is -0.700. The van der Waals surface area contributed by atoms with Gasteiger partial charge in [-0.15, -0.1) is 0 Å². The van der Waals surface area contributed by atoms with Crippen LogP contribution in [0.1, 0.15) is 19.3 Å². The maximum absolute atomic E-state index is 12.4. The third-order valence-electron chi connectivity index (χ3n) is 3.85. The second kappa shape index (κ2) is 5.74. The molecular formula is C11H22N4O3S. The zero-order valence-electron chi connectivity index (χ0n) is 11.3. The van der Waals surface area contributed by atoms with Crippen molar-refractivity contribution in [2.45, 2.75) is 25.3 Å². The predicted molar refractivity (Wildman–Crippen MR) is 71.5 cm³/mol. The fraction of sp³-hybridized carbons (Fsp3) is 0.909. The maximum atomic E-state index is 12.4. The molecular weight excluding hydrogens is 268 g/mol.